The first kappa shape index (κ1) is 13.8. The Morgan fingerprint density at radius 3 is 2.81 bits per heavy atom. The fourth-order valence-electron chi connectivity index (χ4n) is 2.10. The molecule has 0 N–H and O–H groups in total. The Morgan fingerprint density at radius 1 is 1.10 bits per heavy atom. The minimum atomic E-state index is -0.200. The van der Waals surface area contributed by atoms with Crippen molar-refractivity contribution in [3.05, 3.63) is 64.7 Å². The summed E-state index contributed by atoms with van der Waals surface area (Å²) in [5.41, 5.74) is 1.78. The lowest BCUT2D eigenvalue weighted by Gasteiger charge is -2.08. The maximum Gasteiger partial charge on any atom is 0.273 e. The third-order valence-electron chi connectivity index (χ3n) is 3.19. The van der Waals surface area contributed by atoms with Crippen LogP contribution in [0.2, 0.25) is 0 Å². The molecule has 2 aromatic heterocycles. The van der Waals surface area contributed by atoms with Gasteiger partial charge >= 0.3 is 0 Å². The van der Waals surface area contributed by atoms with Gasteiger partial charge in [-0.1, -0.05) is 36.0 Å². The van der Waals surface area contributed by atoms with E-state index in [-0.39, 0.29) is 5.56 Å². The van der Waals surface area contributed by atoms with E-state index in [9.17, 15) is 4.79 Å². The number of aryl methyl sites for hydroxylation is 1. The van der Waals surface area contributed by atoms with E-state index in [1.165, 1.54) is 17.8 Å². The largest absolute Gasteiger partial charge is 0.328 e. The molecule has 0 saturated heterocycles. The van der Waals surface area contributed by atoms with Gasteiger partial charge in [-0.2, -0.15) is 4.98 Å². The van der Waals surface area contributed by atoms with Gasteiger partial charge in [-0.05, 0) is 19.1 Å². The second-order valence-corrected chi connectivity index (χ2v) is 5.56. The molecule has 4 nitrogen and oxygen atoms in total. The number of thioether (sulfide) groups is 1. The molecule has 0 aliphatic heterocycles. The van der Waals surface area contributed by atoms with E-state index in [4.69, 9.17) is 0 Å². The summed E-state index contributed by atoms with van der Waals surface area (Å²) in [7, 11) is 0. The van der Waals surface area contributed by atoms with Gasteiger partial charge in [-0.3, -0.25) is 9.78 Å². The lowest BCUT2D eigenvalue weighted by atomic mass is 10.2. The number of fused-ring (bicyclic) bond motifs is 1. The van der Waals surface area contributed by atoms with Crippen LogP contribution < -0.4 is 5.56 Å². The van der Waals surface area contributed by atoms with E-state index >= 15 is 0 Å². The summed E-state index contributed by atoms with van der Waals surface area (Å²) in [4.78, 5) is 20.1. The standard InChI is InChI=1S/C16H15N3OS/c1-2-19-10-9-15(20)18-16(19)21-11-13-8-7-12-5-3-4-6-14(12)17-13/h3-10H,2,11H2,1H3. The SMILES string of the molecule is CCn1ccc(=O)nc1SCc1ccc2ccccc2n1. The van der Waals surface area contributed by atoms with Gasteiger partial charge in [0.2, 0.25) is 0 Å². The van der Waals surface area contributed by atoms with Gasteiger partial charge in [0.05, 0.1) is 11.2 Å². The van der Waals surface area contributed by atoms with Crippen molar-refractivity contribution < 1.29 is 0 Å². The van der Waals surface area contributed by atoms with Crippen molar-refractivity contribution in [3.63, 3.8) is 0 Å². The number of benzene rings is 1. The Hall–Kier alpha value is -2.14. The quantitative estimate of drug-likeness (QED) is 0.548. The summed E-state index contributed by atoms with van der Waals surface area (Å²) in [6.07, 6.45) is 1.78. The molecule has 5 heteroatoms. The number of hydrogen-bond acceptors (Lipinski definition) is 4. The predicted octanol–water partition coefficient (Wildman–Crippen LogP) is 3.10. The second kappa shape index (κ2) is 6.10. The molecule has 0 aliphatic rings. The number of rotatable bonds is 4. The van der Waals surface area contributed by atoms with Crippen LogP contribution in [0.3, 0.4) is 0 Å². The van der Waals surface area contributed by atoms with E-state index < -0.39 is 0 Å². The van der Waals surface area contributed by atoms with Crippen LogP contribution >= 0.6 is 11.8 Å². The molecule has 0 atom stereocenters. The van der Waals surface area contributed by atoms with Crippen LogP contribution in [0.1, 0.15) is 12.6 Å². The molecule has 1 aromatic carbocycles. The van der Waals surface area contributed by atoms with Crippen LogP contribution in [0.4, 0.5) is 0 Å². The van der Waals surface area contributed by atoms with E-state index in [0.717, 1.165) is 28.3 Å². The average molecular weight is 297 g/mol. The smallest absolute Gasteiger partial charge is 0.273 e. The maximum atomic E-state index is 11.4. The van der Waals surface area contributed by atoms with E-state index in [1.807, 2.05) is 41.8 Å². The molecule has 0 radical (unpaired) electrons. The highest BCUT2D eigenvalue weighted by Crippen LogP contribution is 2.20. The molecule has 106 valence electrons. The topological polar surface area (TPSA) is 47.8 Å². The number of aromatic nitrogens is 3. The Morgan fingerprint density at radius 2 is 1.95 bits per heavy atom. The first-order valence-corrected chi connectivity index (χ1v) is 7.80. The van der Waals surface area contributed by atoms with Crippen molar-refractivity contribution >= 4 is 22.7 Å². The van der Waals surface area contributed by atoms with Gasteiger partial charge in [0.15, 0.2) is 5.16 Å². The third-order valence-corrected chi connectivity index (χ3v) is 4.22. The zero-order valence-electron chi connectivity index (χ0n) is 11.7. The molecule has 3 aromatic rings. The van der Waals surface area contributed by atoms with E-state index in [2.05, 4.69) is 16.0 Å². The minimum absolute atomic E-state index is 0.200. The Balaban J connectivity index is 1.83. The molecule has 0 amide bonds. The normalized spacial score (nSPS) is 10.9. The molecule has 2 heterocycles. The molecule has 21 heavy (non-hydrogen) atoms. The molecule has 0 bridgehead atoms. The van der Waals surface area contributed by atoms with Crippen molar-refractivity contribution in [1.82, 2.24) is 14.5 Å². The monoisotopic (exact) mass is 297 g/mol. The Labute approximate surface area is 126 Å². The van der Waals surface area contributed by atoms with Crippen molar-refractivity contribution in [3.8, 4) is 0 Å². The Kier molecular flexibility index (Phi) is 4.01. The van der Waals surface area contributed by atoms with Crippen molar-refractivity contribution in [2.24, 2.45) is 0 Å². The summed E-state index contributed by atoms with van der Waals surface area (Å²) in [6, 6.07) is 13.6. The summed E-state index contributed by atoms with van der Waals surface area (Å²) < 4.78 is 1.97. The van der Waals surface area contributed by atoms with Crippen LogP contribution in [0.15, 0.2) is 58.6 Å². The molecule has 0 unspecified atom stereocenters. The molecule has 0 spiro atoms. The zero-order chi connectivity index (χ0) is 14.7. The predicted molar refractivity (Wildman–Crippen MR) is 85.5 cm³/mol. The van der Waals surface area contributed by atoms with Crippen molar-refractivity contribution in [2.75, 3.05) is 0 Å². The van der Waals surface area contributed by atoms with Gasteiger partial charge in [0.25, 0.3) is 5.56 Å². The summed E-state index contributed by atoms with van der Waals surface area (Å²) in [5.74, 6) is 0.696. The number of pyridine rings is 1. The fourth-order valence-corrected chi connectivity index (χ4v) is 3.04. The first-order chi connectivity index (χ1) is 10.3. The summed E-state index contributed by atoms with van der Waals surface area (Å²) in [6.45, 7) is 2.82. The van der Waals surface area contributed by atoms with E-state index in [1.54, 1.807) is 6.20 Å². The molecular weight excluding hydrogens is 282 g/mol. The lowest BCUT2D eigenvalue weighted by Crippen LogP contribution is -2.12. The zero-order valence-corrected chi connectivity index (χ0v) is 12.5. The van der Waals surface area contributed by atoms with Crippen LogP contribution in [-0.4, -0.2) is 14.5 Å². The minimum Gasteiger partial charge on any atom is -0.328 e. The lowest BCUT2D eigenvalue weighted by molar-refractivity contribution is 0.640. The summed E-state index contributed by atoms with van der Waals surface area (Å²) >= 11 is 1.54. The fraction of sp³-hybridized carbons (Fsp3) is 0.188. The van der Waals surface area contributed by atoms with Gasteiger partial charge in [-0.25, -0.2) is 0 Å². The molecule has 0 saturated carbocycles. The summed E-state index contributed by atoms with van der Waals surface area (Å²) in [5, 5.41) is 1.87. The number of hydrogen-bond donors (Lipinski definition) is 0. The Bertz CT molecular complexity index is 829. The van der Waals surface area contributed by atoms with Crippen molar-refractivity contribution in [1.29, 1.82) is 0 Å². The van der Waals surface area contributed by atoms with E-state index in [0.29, 0.717) is 5.75 Å². The second-order valence-electron chi connectivity index (χ2n) is 4.62. The van der Waals surface area contributed by atoms with Crippen LogP contribution in [0.5, 0.6) is 0 Å². The van der Waals surface area contributed by atoms with Gasteiger partial charge < -0.3 is 4.57 Å². The van der Waals surface area contributed by atoms with Crippen LogP contribution in [-0.2, 0) is 12.3 Å². The van der Waals surface area contributed by atoms with Gasteiger partial charge in [0.1, 0.15) is 0 Å². The highest BCUT2D eigenvalue weighted by molar-refractivity contribution is 7.98. The average Bonchev–Trinajstić information content (AvgIpc) is 2.53. The van der Waals surface area contributed by atoms with Gasteiger partial charge in [-0.15, -0.1) is 0 Å². The first-order valence-electron chi connectivity index (χ1n) is 6.81. The third kappa shape index (κ3) is 3.13. The highest BCUT2D eigenvalue weighted by atomic mass is 32.2. The van der Waals surface area contributed by atoms with Crippen LogP contribution in [0.25, 0.3) is 10.9 Å². The number of para-hydroxylation sites is 1. The van der Waals surface area contributed by atoms with Gasteiger partial charge in [0, 0.05) is 29.9 Å². The van der Waals surface area contributed by atoms with Crippen molar-refractivity contribution in [2.45, 2.75) is 24.4 Å². The molecular formula is C16H15N3OS. The molecule has 3 rings (SSSR count). The van der Waals surface area contributed by atoms with Crippen LogP contribution in [0, 0.1) is 0 Å². The maximum absolute atomic E-state index is 11.4. The molecule has 0 fully saturated rings. The highest BCUT2D eigenvalue weighted by Gasteiger charge is 2.05. The molecule has 0 aliphatic carbocycles. The number of nitrogens with zero attached hydrogens (tertiary/aromatic N) is 3.